The van der Waals surface area contributed by atoms with E-state index in [0.717, 1.165) is 4.90 Å². The van der Waals surface area contributed by atoms with Gasteiger partial charge >= 0.3 is 0 Å². The van der Waals surface area contributed by atoms with Gasteiger partial charge in [0, 0.05) is 14.8 Å². The number of rotatable bonds is 3. The minimum Gasteiger partial charge on any atom is -0.120 e. The molecule has 0 radical (unpaired) electrons. The molecule has 12 heavy (non-hydrogen) atoms. The lowest BCUT2D eigenvalue weighted by Gasteiger charge is -1.95. The number of halogens is 1. The Morgan fingerprint density at radius 2 is 2.08 bits per heavy atom. The molecule has 0 heterocycles. The fourth-order valence-electron chi connectivity index (χ4n) is 0.660. The largest absolute Gasteiger partial charge is 0.120 e. The van der Waals surface area contributed by atoms with E-state index >= 15 is 0 Å². The van der Waals surface area contributed by atoms with Gasteiger partial charge in [0.1, 0.15) is 0 Å². The summed E-state index contributed by atoms with van der Waals surface area (Å²) in [6.07, 6.45) is 0. The smallest absolute Gasteiger partial charge is 0.0768 e. The van der Waals surface area contributed by atoms with E-state index in [4.69, 9.17) is 17.1 Å². The topological polar surface area (TPSA) is 48.8 Å². The summed E-state index contributed by atoms with van der Waals surface area (Å²) in [4.78, 5) is 3.69. The summed E-state index contributed by atoms with van der Waals surface area (Å²) in [7, 11) is 0. The second-order valence-corrected chi connectivity index (χ2v) is 3.41. The van der Waals surface area contributed by atoms with E-state index in [2.05, 4.69) is 10.0 Å². The highest BCUT2D eigenvalue weighted by Gasteiger charge is 1.91. The van der Waals surface area contributed by atoms with Crippen LogP contribution in [0.15, 0.2) is 34.3 Å². The fourth-order valence-corrected chi connectivity index (χ4v) is 1.37. The van der Waals surface area contributed by atoms with Crippen LogP contribution in [0.1, 0.15) is 0 Å². The van der Waals surface area contributed by atoms with Crippen LogP contribution in [0, 0.1) is 0 Å². The Kier molecular flexibility index (Phi) is 3.80. The van der Waals surface area contributed by atoms with Gasteiger partial charge in [0.05, 0.1) is 5.88 Å². The summed E-state index contributed by atoms with van der Waals surface area (Å²) in [5.74, 6) is 0.415. The van der Waals surface area contributed by atoms with Crippen molar-refractivity contribution in [2.24, 2.45) is 5.11 Å². The van der Waals surface area contributed by atoms with Gasteiger partial charge in [-0.25, -0.2) is 0 Å². The molecule has 0 N–H and O–H groups in total. The third-order valence-electron chi connectivity index (χ3n) is 1.17. The van der Waals surface area contributed by atoms with Crippen LogP contribution in [0.3, 0.4) is 0 Å². The van der Waals surface area contributed by atoms with E-state index in [1.165, 1.54) is 11.8 Å². The van der Waals surface area contributed by atoms with Gasteiger partial charge in [0.15, 0.2) is 0 Å². The first-order chi connectivity index (χ1) is 5.83. The molecule has 0 unspecified atom stereocenters. The first-order valence-electron chi connectivity index (χ1n) is 3.22. The highest BCUT2D eigenvalue weighted by atomic mass is 35.5. The molecule has 0 aliphatic carbocycles. The Morgan fingerprint density at radius 3 is 2.67 bits per heavy atom. The van der Waals surface area contributed by atoms with Gasteiger partial charge in [0.2, 0.25) is 0 Å². The SMILES string of the molecule is [N-]=[N+]=NCSc1ccc(Cl)cc1. The molecule has 0 aliphatic rings. The number of thioether (sulfide) groups is 1. The summed E-state index contributed by atoms with van der Waals surface area (Å²) in [5.41, 5.74) is 8.01. The van der Waals surface area contributed by atoms with Crippen LogP contribution in [0.4, 0.5) is 0 Å². The lowest BCUT2D eigenvalue weighted by molar-refractivity contribution is 1.32. The Balaban J connectivity index is 2.53. The molecule has 0 fully saturated rings. The zero-order valence-corrected chi connectivity index (χ0v) is 7.72. The van der Waals surface area contributed by atoms with Crippen LogP contribution >= 0.6 is 23.4 Å². The molecule has 0 saturated heterocycles. The molecule has 0 aromatic heterocycles. The van der Waals surface area contributed by atoms with Crippen molar-refractivity contribution in [1.82, 2.24) is 0 Å². The van der Waals surface area contributed by atoms with E-state index < -0.39 is 0 Å². The maximum Gasteiger partial charge on any atom is 0.0768 e. The molecule has 0 aliphatic heterocycles. The molecule has 1 aromatic carbocycles. The van der Waals surface area contributed by atoms with Crippen molar-refractivity contribution >= 4 is 23.4 Å². The van der Waals surface area contributed by atoms with Gasteiger partial charge in [-0.1, -0.05) is 16.7 Å². The Labute approximate surface area is 79.4 Å². The van der Waals surface area contributed by atoms with E-state index in [9.17, 15) is 0 Å². The average Bonchev–Trinajstić information content (AvgIpc) is 2.09. The van der Waals surface area contributed by atoms with Crippen molar-refractivity contribution in [2.45, 2.75) is 4.90 Å². The van der Waals surface area contributed by atoms with Crippen LogP contribution in [0.2, 0.25) is 5.02 Å². The maximum atomic E-state index is 8.01. The van der Waals surface area contributed by atoms with Crippen molar-refractivity contribution < 1.29 is 0 Å². The van der Waals surface area contributed by atoms with Crippen LogP contribution in [0.5, 0.6) is 0 Å². The van der Waals surface area contributed by atoms with Gasteiger partial charge in [-0.2, -0.15) is 0 Å². The van der Waals surface area contributed by atoms with Crippen molar-refractivity contribution in [3.8, 4) is 0 Å². The molecule has 62 valence electrons. The van der Waals surface area contributed by atoms with Crippen molar-refractivity contribution in [3.05, 3.63) is 39.7 Å². The third-order valence-corrected chi connectivity index (χ3v) is 2.27. The molecule has 5 heteroatoms. The second kappa shape index (κ2) is 4.93. The Hall–Kier alpha value is -0.830. The van der Waals surface area contributed by atoms with E-state index in [0.29, 0.717) is 10.9 Å². The Bertz CT molecular complexity index is 292. The summed E-state index contributed by atoms with van der Waals surface area (Å²) in [5, 5.41) is 4.11. The highest BCUT2D eigenvalue weighted by Crippen LogP contribution is 2.19. The van der Waals surface area contributed by atoms with Gasteiger partial charge < -0.3 is 0 Å². The zero-order chi connectivity index (χ0) is 8.81. The monoisotopic (exact) mass is 199 g/mol. The predicted octanol–water partition coefficient (Wildman–Crippen LogP) is 3.70. The zero-order valence-electron chi connectivity index (χ0n) is 6.14. The molecule has 3 nitrogen and oxygen atoms in total. The first kappa shape index (κ1) is 9.26. The summed E-state index contributed by atoms with van der Waals surface area (Å²) >= 11 is 7.16. The van der Waals surface area contributed by atoms with Crippen LogP contribution in [-0.4, -0.2) is 5.88 Å². The molecule has 1 rings (SSSR count). The van der Waals surface area contributed by atoms with E-state index in [1.54, 1.807) is 12.1 Å². The van der Waals surface area contributed by atoms with Crippen LogP contribution < -0.4 is 0 Å². The van der Waals surface area contributed by atoms with Crippen LogP contribution in [0.25, 0.3) is 10.4 Å². The minimum absolute atomic E-state index is 0.415. The predicted molar refractivity (Wildman–Crippen MR) is 51.3 cm³/mol. The summed E-state index contributed by atoms with van der Waals surface area (Å²) in [6.45, 7) is 0. The quantitative estimate of drug-likeness (QED) is 0.317. The standard InChI is InChI=1S/C7H6ClN3S/c8-6-1-3-7(4-2-6)12-5-10-11-9/h1-4H,5H2. The van der Waals surface area contributed by atoms with E-state index in [1.807, 2.05) is 12.1 Å². The number of benzene rings is 1. The Morgan fingerprint density at radius 1 is 1.42 bits per heavy atom. The van der Waals surface area contributed by atoms with Gasteiger partial charge in [-0.05, 0) is 29.8 Å². The molecular weight excluding hydrogens is 194 g/mol. The van der Waals surface area contributed by atoms with E-state index in [-0.39, 0.29) is 0 Å². The fraction of sp³-hybridized carbons (Fsp3) is 0.143. The lowest BCUT2D eigenvalue weighted by Crippen LogP contribution is -1.71. The van der Waals surface area contributed by atoms with Gasteiger partial charge in [0.25, 0.3) is 0 Å². The molecule has 1 aromatic rings. The number of hydrogen-bond acceptors (Lipinski definition) is 2. The molecule has 0 bridgehead atoms. The summed E-state index contributed by atoms with van der Waals surface area (Å²) < 4.78 is 0. The third kappa shape index (κ3) is 3.05. The molecule has 0 amide bonds. The summed E-state index contributed by atoms with van der Waals surface area (Å²) in [6, 6.07) is 7.39. The van der Waals surface area contributed by atoms with Gasteiger partial charge in [-0.3, -0.25) is 0 Å². The second-order valence-electron chi connectivity index (χ2n) is 1.96. The number of azide groups is 1. The molecule has 0 spiro atoms. The lowest BCUT2D eigenvalue weighted by atomic mass is 10.4. The number of nitrogens with zero attached hydrogens (tertiary/aromatic N) is 3. The van der Waals surface area contributed by atoms with Crippen molar-refractivity contribution in [2.75, 3.05) is 5.88 Å². The first-order valence-corrected chi connectivity index (χ1v) is 4.58. The number of hydrogen-bond donors (Lipinski definition) is 0. The maximum absolute atomic E-state index is 8.01. The molecular formula is C7H6ClN3S. The normalized spacial score (nSPS) is 9.08. The van der Waals surface area contributed by atoms with Crippen LogP contribution in [-0.2, 0) is 0 Å². The minimum atomic E-state index is 0.415. The van der Waals surface area contributed by atoms with Crippen molar-refractivity contribution in [3.63, 3.8) is 0 Å². The molecule has 0 saturated carbocycles. The molecule has 0 atom stereocenters. The average molecular weight is 200 g/mol. The highest BCUT2D eigenvalue weighted by molar-refractivity contribution is 7.99. The van der Waals surface area contributed by atoms with Gasteiger partial charge in [-0.15, -0.1) is 11.8 Å². The van der Waals surface area contributed by atoms with Crippen molar-refractivity contribution in [1.29, 1.82) is 0 Å².